The number of halogens is 1. The van der Waals surface area contributed by atoms with E-state index in [2.05, 4.69) is 20.1 Å². The van der Waals surface area contributed by atoms with Crippen LogP contribution in [0.15, 0.2) is 36.9 Å². The zero-order chi connectivity index (χ0) is 11.0. The molecule has 5 nitrogen and oxygen atoms in total. The van der Waals surface area contributed by atoms with Gasteiger partial charge in [0.15, 0.2) is 5.65 Å². The summed E-state index contributed by atoms with van der Waals surface area (Å²) in [6, 6.07) is 3.50. The second-order valence-electron chi connectivity index (χ2n) is 3.16. The summed E-state index contributed by atoms with van der Waals surface area (Å²) in [7, 11) is 0. The van der Waals surface area contributed by atoms with Gasteiger partial charge in [0.25, 0.3) is 0 Å². The van der Waals surface area contributed by atoms with Crippen molar-refractivity contribution in [2.24, 2.45) is 0 Å². The molecule has 0 saturated carbocycles. The molecule has 78 valence electrons. The van der Waals surface area contributed by atoms with E-state index in [0.29, 0.717) is 22.2 Å². The van der Waals surface area contributed by atoms with Crippen LogP contribution in [0.4, 0.5) is 0 Å². The number of nitrogens with zero attached hydrogens (tertiary/aromatic N) is 5. The van der Waals surface area contributed by atoms with Crippen molar-refractivity contribution in [3.8, 4) is 11.4 Å². The van der Waals surface area contributed by atoms with Gasteiger partial charge in [-0.05, 0) is 0 Å². The van der Waals surface area contributed by atoms with Crippen LogP contribution < -0.4 is 0 Å². The Hall–Kier alpha value is -2.01. The van der Waals surface area contributed by atoms with Gasteiger partial charge in [-0.25, -0.2) is 9.50 Å². The summed E-state index contributed by atoms with van der Waals surface area (Å²) in [6.45, 7) is 0. The van der Waals surface area contributed by atoms with E-state index in [-0.39, 0.29) is 0 Å². The van der Waals surface area contributed by atoms with Crippen LogP contribution in [0.3, 0.4) is 0 Å². The van der Waals surface area contributed by atoms with Crippen molar-refractivity contribution in [1.29, 1.82) is 0 Å². The Bertz CT molecular complexity index is 634. The third kappa shape index (κ3) is 1.42. The maximum absolute atomic E-state index is 6.07. The molecule has 0 aromatic carbocycles. The zero-order valence-electron chi connectivity index (χ0n) is 8.08. The van der Waals surface area contributed by atoms with E-state index in [1.54, 1.807) is 41.4 Å². The van der Waals surface area contributed by atoms with Gasteiger partial charge in [0, 0.05) is 24.5 Å². The fraction of sp³-hybridized carbons (Fsp3) is 0. The van der Waals surface area contributed by atoms with Crippen LogP contribution in [0.2, 0.25) is 5.15 Å². The normalized spacial score (nSPS) is 10.8. The Morgan fingerprint density at radius 3 is 2.88 bits per heavy atom. The van der Waals surface area contributed by atoms with Crippen molar-refractivity contribution in [2.45, 2.75) is 0 Å². The first-order valence-electron chi connectivity index (χ1n) is 4.61. The molecule has 0 radical (unpaired) electrons. The molecule has 0 aliphatic carbocycles. The molecule has 3 heterocycles. The molecule has 3 aromatic rings. The monoisotopic (exact) mass is 231 g/mol. The third-order valence-electron chi connectivity index (χ3n) is 2.14. The lowest BCUT2D eigenvalue weighted by Gasteiger charge is -2.01. The fourth-order valence-electron chi connectivity index (χ4n) is 1.44. The molecular formula is C10H6ClN5. The number of aromatic nitrogens is 5. The molecule has 0 N–H and O–H groups in total. The summed E-state index contributed by atoms with van der Waals surface area (Å²) in [5.74, 6) is 0. The second-order valence-corrected chi connectivity index (χ2v) is 3.54. The predicted octanol–water partition coefficient (Wildman–Crippen LogP) is 1.84. The van der Waals surface area contributed by atoms with E-state index in [4.69, 9.17) is 11.6 Å². The van der Waals surface area contributed by atoms with Gasteiger partial charge in [0.1, 0.15) is 10.8 Å². The van der Waals surface area contributed by atoms with E-state index >= 15 is 0 Å². The lowest BCUT2D eigenvalue weighted by Crippen LogP contribution is -1.95. The summed E-state index contributed by atoms with van der Waals surface area (Å²) in [4.78, 5) is 12.5. The Morgan fingerprint density at radius 2 is 2.06 bits per heavy atom. The van der Waals surface area contributed by atoms with Crippen LogP contribution in [0, 0.1) is 0 Å². The summed E-state index contributed by atoms with van der Waals surface area (Å²) >= 11 is 6.07. The SMILES string of the molecule is Clc1cc(-c2cnccn2)nc2ccnn12. The highest BCUT2D eigenvalue weighted by Gasteiger charge is 2.06. The van der Waals surface area contributed by atoms with E-state index in [0.717, 1.165) is 0 Å². The minimum atomic E-state index is 0.496. The van der Waals surface area contributed by atoms with Gasteiger partial charge in [-0.3, -0.25) is 9.97 Å². The molecule has 16 heavy (non-hydrogen) atoms. The van der Waals surface area contributed by atoms with Gasteiger partial charge in [0.05, 0.1) is 18.1 Å². The van der Waals surface area contributed by atoms with Crippen LogP contribution in [-0.4, -0.2) is 24.6 Å². The van der Waals surface area contributed by atoms with Crippen LogP contribution in [0.5, 0.6) is 0 Å². The smallest absolute Gasteiger partial charge is 0.157 e. The molecule has 3 rings (SSSR count). The molecule has 0 atom stereocenters. The predicted molar refractivity (Wildman–Crippen MR) is 59.0 cm³/mol. The van der Waals surface area contributed by atoms with Crippen LogP contribution in [0.1, 0.15) is 0 Å². The summed E-state index contributed by atoms with van der Waals surface area (Å²) in [5, 5.41) is 4.54. The highest BCUT2D eigenvalue weighted by Crippen LogP contribution is 2.19. The molecule has 0 saturated heterocycles. The number of rotatable bonds is 1. The van der Waals surface area contributed by atoms with Crippen molar-refractivity contribution >= 4 is 17.2 Å². The largest absolute Gasteiger partial charge is 0.261 e. The Morgan fingerprint density at radius 1 is 1.12 bits per heavy atom. The summed E-state index contributed by atoms with van der Waals surface area (Å²) < 4.78 is 1.56. The maximum Gasteiger partial charge on any atom is 0.157 e. The molecule has 0 aliphatic rings. The van der Waals surface area contributed by atoms with Gasteiger partial charge < -0.3 is 0 Å². The molecule has 3 aromatic heterocycles. The minimum Gasteiger partial charge on any atom is -0.261 e. The molecule has 0 aliphatic heterocycles. The Balaban J connectivity index is 2.25. The van der Waals surface area contributed by atoms with Crippen molar-refractivity contribution in [3.05, 3.63) is 42.1 Å². The average molecular weight is 232 g/mol. The quantitative estimate of drug-likeness (QED) is 0.600. The van der Waals surface area contributed by atoms with Crippen LogP contribution in [0.25, 0.3) is 17.0 Å². The van der Waals surface area contributed by atoms with Gasteiger partial charge >= 0.3 is 0 Å². The van der Waals surface area contributed by atoms with Crippen LogP contribution in [-0.2, 0) is 0 Å². The lowest BCUT2D eigenvalue weighted by atomic mass is 10.3. The zero-order valence-corrected chi connectivity index (χ0v) is 8.83. The van der Waals surface area contributed by atoms with Gasteiger partial charge in [0.2, 0.25) is 0 Å². The molecule has 0 unspecified atom stereocenters. The van der Waals surface area contributed by atoms with Crippen molar-refractivity contribution < 1.29 is 0 Å². The van der Waals surface area contributed by atoms with Gasteiger partial charge in [-0.1, -0.05) is 11.6 Å². The van der Waals surface area contributed by atoms with E-state index in [9.17, 15) is 0 Å². The fourth-order valence-corrected chi connectivity index (χ4v) is 1.67. The molecule has 6 heteroatoms. The van der Waals surface area contributed by atoms with Crippen molar-refractivity contribution in [3.63, 3.8) is 0 Å². The topological polar surface area (TPSA) is 56.0 Å². The average Bonchev–Trinajstić information content (AvgIpc) is 2.79. The van der Waals surface area contributed by atoms with Crippen molar-refractivity contribution in [2.75, 3.05) is 0 Å². The van der Waals surface area contributed by atoms with E-state index in [1.807, 2.05) is 0 Å². The summed E-state index contributed by atoms with van der Waals surface area (Å²) in [5.41, 5.74) is 2.06. The first kappa shape index (κ1) is 9.23. The maximum atomic E-state index is 6.07. The Labute approximate surface area is 95.8 Å². The first-order valence-corrected chi connectivity index (χ1v) is 4.99. The number of hydrogen-bond acceptors (Lipinski definition) is 4. The van der Waals surface area contributed by atoms with Crippen LogP contribution >= 0.6 is 11.6 Å². The highest BCUT2D eigenvalue weighted by atomic mass is 35.5. The first-order chi connectivity index (χ1) is 7.84. The molecule has 0 spiro atoms. The summed E-state index contributed by atoms with van der Waals surface area (Å²) in [6.07, 6.45) is 6.52. The number of hydrogen-bond donors (Lipinski definition) is 0. The van der Waals surface area contributed by atoms with Crippen molar-refractivity contribution in [1.82, 2.24) is 24.6 Å². The van der Waals surface area contributed by atoms with E-state index < -0.39 is 0 Å². The molecule has 0 amide bonds. The molecular weight excluding hydrogens is 226 g/mol. The third-order valence-corrected chi connectivity index (χ3v) is 2.41. The highest BCUT2D eigenvalue weighted by molar-refractivity contribution is 6.29. The number of fused-ring (bicyclic) bond motifs is 1. The van der Waals surface area contributed by atoms with Gasteiger partial charge in [-0.15, -0.1) is 0 Å². The molecule has 0 fully saturated rings. The second kappa shape index (κ2) is 3.53. The van der Waals surface area contributed by atoms with E-state index in [1.165, 1.54) is 0 Å². The standard InChI is InChI=1S/C10H6ClN5/c11-9-5-7(8-6-12-3-4-13-8)15-10-1-2-14-16(9)10/h1-6H. The minimum absolute atomic E-state index is 0.496. The lowest BCUT2D eigenvalue weighted by molar-refractivity contribution is 0.940. The van der Waals surface area contributed by atoms with Gasteiger partial charge in [-0.2, -0.15) is 5.10 Å². The molecule has 0 bridgehead atoms. The Kier molecular flexibility index (Phi) is 2.04.